The van der Waals surface area contributed by atoms with Crippen LogP contribution < -0.4 is 4.74 Å². The van der Waals surface area contributed by atoms with Crippen molar-refractivity contribution in [2.75, 3.05) is 0 Å². The van der Waals surface area contributed by atoms with Crippen LogP contribution in [-0.4, -0.2) is 11.4 Å². The van der Waals surface area contributed by atoms with E-state index in [1.54, 1.807) is 18.2 Å². The molecule has 0 bridgehead atoms. The average molecular weight is 215 g/mol. The minimum absolute atomic E-state index is 0.0581. The molecule has 2 rings (SSSR count). The van der Waals surface area contributed by atoms with E-state index in [0.717, 1.165) is 6.42 Å². The highest BCUT2D eigenvalue weighted by Gasteiger charge is 2.34. The first-order valence-corrected chi connectivity index (χ1v) is 5.34. The summed E-state index contributed by atoms with van der Waals surface area (Å²) in [6, 6.07) is 7.01. The number of hydrogen-bond donors (Lipinski definition) is 0. The highest BCUT2D eigenvalue weighted by molar-refractivity contribution is 6.00. The van der Waals surface area contributed by atoms with Gasteiger partial charge in [-0.15, -0.1) is 0 Å². The number of rotatable bonds is 1. The monoisotopic (exact) mass is 215 g/mol. The number of carbonyl (C=O) groups excluding carboxylic acids is 1. The van der Waals surface area contributed by atoms with Gasteiger partial charge < -0.3 is 4.74 Å². The predicted octanol–water partition coefficient (Wildman–Crippen LogP) is 2.69. The summed E-state index contributed by atoms with van der Waals surface area (Å²) in [5.74, 6) is 0.655. The lowest BCUT2D eigenvalue weighted by Gasteiger charge is -2.34. The van der Waals surface area contributed by atoms with Crippen molar-refractivity contribution in [1.82, 2.24) is 0 Å². The molecule has 0 aromatic heterocycles. The molecule has 0 aliphatic carbocycles. The Labute approximate surface area is 94.6 Å². The number of fused-ring (bicyclic) bond motifs is 1. The van der Waals surface area contributed by atoms with Gasteiger partial charge >= 0.3 is 0 Å². The zero-order chi connectivity index (χ0) is 11.8. The van der Waals surface area contributed by atoms with Gasteiger partial charge in [-0.2, -0.15) is 5.26 Å². The average Bonchev–Trinajstić information content (AvgIpc) is 2.28. The number of ether oxygens (including phenoxy) is 1. The summed E-state index contributed by atoms with van der Waals surface area (Å²) in [4.78, 5) is 11.9. The lowest BCUT2D eigenvalue weighted by atomic mass is 9.89. The molecule has 0 N–H and O–H groups in total. The number of nitriles is 1. The third-order valence-electron chi connectivity index (χ3n) is 3.05. The van der Waals surface area contributed by atoms with Crippen molar-refractivity contribution in [2.45, 2.75) is 32.3 Å². The summed E-state index contributed by atoms with van der Waals surface area (Å²) in [5.41, 5.74) is 0.624. The molecule has 16 heavy (non-hydrogen) atoms. The van der Waals surface area contributed by atoms with Gasteiger partial charge in [-0.05, 0) is 31.5 Å². The summed E-state index contributed by atoms with van der Waals surface area (Å²) in [6.07, 6.45) is 1.17. The van der Waals surface area contributed by atoms with Crippen molar-refractivity contribution in [1.29, 1.82) is 5.26 Å². The van der Waals surface area contributed by atoms with Crippen LogP contribution in [0.2, 0.25) is 0 Å². The third-order valence-corrected chi connectivity index (χ3v) is 3.05. The quantitative estimate of drug-likeness (QED) is 0.723. The van der Waals surface area contributed by atoms with E-state index >= 15 is 0 Å². The smallest absolute Gasteiger partial charge is 0.170 e. The fourth-order valence-electron chi connectivity index (χ4n) is 1.84. The number of nitrogens with zero attached hydrogens (tertiary/aromatic N) is 1. The third kappa shape index (κ3) is 1.67. The number of ketones is 1. The maximum absolute atomic E-state index is 11.9. The molecule has 0 saturated carbocycles. The van der Waals surface area contributed by atoms with Crippen LogP contribution in [0, 0.1) is 11.3 Å². The lowest BCUT2D eigenvalue weighted by molar-refractivity contribution is 0.0499. The molecule has 1 heterocycles. The van der Waals surface area contributed by atoms with Gasteiger partial charge in [0.05, 0.1) is 23.6 Å². The van der Waals surface area contributed by atoms with E-state index in [2.05, 4.69) is 0 Å². The molecule has 1 atom stereocenters. The molecule has 0 spiro atoms. The van der Waals surface area contributed by atoms with Crippen LogP contribution in [0.15, 0.2) is 18.2 Å². The molecule has 1 aromatic rings. The van der Waals surface area contributed by atoms with Crippen molar-refractivity contribution in [2.24, 2.45) is 0 Å². The second kappa shape index (κ2) is 3.64. The Morgan fingerprint density at radius 3 is 2.94 bits per heavy atom. The fraction of sp³-hybridized carbons (Fsp3) is 0.385. The van der Waals surface area contributed by atoms with E-state index in [4.69, 9.17) is 10.00 Å². The van der Waals surface area contributed by atoms with Gasteiger partial charge in [0.2, 0.25) is 0 Å². The van der Waals surface area contributed by atoms with Gasteiger partial charge in [0.1, 0.15) is 11.4 Å². The van der Waals surface area contributed by atoms with E-state index in [1.807, 2.05) is 19.9 Å². The molecule has 1 aromatic carbocycles. The summed E-state index contributed by atoms with van der Waals surface area (Å²) in [5, 5.41) is 8.77. The Hall–Kier alpha value is -1.82. The van der Waals surface area contributed by atoms with Crippen LogP contribution in [-0.2, 0) is 0 Å². The van der Waals surface area contributed by atoms with Crippen molar-refractivity contribution >= 4 is 5.78 Å². The molecule has 1 aliphatic heterocycles. The minimum atomic E-state index is -0.405. The Kier molecular flexibility index (Phi) is 2.43. The van der Waals surface area contributed by atoms with E-state index in [9.17, 15) is 4.79 Å². The highest BCUT2D eigenvalue weighted by Crippen LogP contribution is 2.35. The van der Waals surface area contributed by atoms with Gasteiger partial charge in [0, 0.05) is 0 Å². The largest absolute Gasteiger partial charge is 0.486 e. The summed E-state index contributed by atoms with van der Waals surface area (Å²) < 4.78 is 5.81. The van der Waals surface area contributed by atoms with Gasteiger partial charge in [0.25, 0.3) is 0 Å². The van der Waals surface area contributed by atoms with Crippen LogP contribution in [0.5, 0.6) is 5.75 Å². The minimum Gasteiger partial charge on any atom is -0.486 e. The van der Waals surface area contributed by atoms with Crippen LogP contribution in [0.25, 0.3) is 0 Å². The summed E-state index contributed by atoms with van der Waals surface area (Å²) in [7, 11) is 0. The van der Waals surface area contributed by atoms with Gasteiger partial charge in [0.15, 0.2) is 5.78 Å². The molecule has 82 valence electrons. The SMILES string of the molecule is CCC1(C)CC(=O)c2cc(C#N)ccc2O1. The molecular weight excluding hydrogens is 202 g/mol. The molecule has 1 aliphatic rings. The number of carbonyl (C=O) groups is 1. The summed E-state index contributed by atoms with van der Waals surface area (Å²) in [6.45, 7) is 3.94. The molecule has 3 nitrogen and oxygen atoms in total. The molecule has 1 unspecified atom stereocenters. The van der Waals surface area contributed by atoms with Crippen molar-refractivity contribution in [3.63, 3.8) is 0 Å². The first-order valence-electron chi connectivity index (χ1n) is 5.34. The van der Waals surface area contributed by atoms with Crippen molar-refractivity contribution < 1.29 is 9.53 Å². The van der Waals surface area contributed by atoms with Crippen LogP contribution >= 0.6 is 0 Å². The highest BCUT2D eigenvalue weighted by atomic mass is 16.5. The normalized spacial score (nSPS) is 23.2. The molecule has 0 radical (unpaired) electrons. The first kappa shape index (κ1) is 10.7. The Morgan fingerprint density at radius 2 is 2.31 bits per heavy atom. The lowest BCUT2D eigenvalue weighted by Crippen LogP contribution is -2.38. The van der Waals surface area contributed by atoms with Crippen LogP contribution in [0.3, 0.4) is 0 Å². The fourth-order valence-corrected chi connectivity index (χ4v) is 1.84. The topological polar surface area (TPSA) is 50.1 Å². The first-order chi connectivity index (χ1) is 7.58. The second-order valence-electron chi connectivity index (χ2n) is 4.33. The maximum Gasteiger partial charge on any atom is 0.170 e. The standard InChI is InChI=1S/C13H13NO2/c1-3-13(2)7-11(15)10-6-9(8-14)4-5-12(10)16-13/h4-6H,3,7H2,1-2H3. The van der Waals surface area contributed by atoms with Crippen molar-refractivity contribution in [3.8, 4) is 11.8 Å². The Bertz CT molecular complexity index is 487. The number of Topliss-reactive ketones (excluding diaryl/α,β-unsaturated/α-hetero) is 1. The molecule has 0 saturated heterocycles. The number of benzene rings is 1. The van der Waals surface area contributed by atoms with E-state index in [0.29, 0.717) is 23.3 Å². The summed E-state index contributed by atoms with van der Waals surface area (Å²) >= 11 is 0. The Morgan fingerprint density at radius 1 is 1.56 bits per heavy atom. The van der Waals surface area contributed by atoms with Gasteiger partial charge in [-0.25, -0.2) is 0 Å². The van der Waals surface area contributed by atoms with E-state index in [-0.39, 0.29) is 5.78 Å². The maximum atomic E-state index is 11.9. The van der Waals surface area contributed by atoms with Gasteiger partial charge in [-0.1, -0.05) is 6.92 Å². The van der Waals surface area contributed by atoms with Crippen molar-refractivity contribution in [3.05, 3.63) is 29.3 Å². The molecule has 0 amide bonds. The zero-order valence-electron chi connectivity index (χ0n) is 9.41. The molecule has 3 heteroatoms. The van der Waals surface area contributed by atoms with Crippen LogP contribution in [0.1, 0.15) is 42.6 Å². The van der Waals surface area contributed by atoms with Crippen LogP contribution in [0.4, 0.5) is 0 Å². The number of hydrogen-bond acceptors (Lipinski definition) is 3. The predicted molar refractivity (Wildman–Crippen MR) is 59.4 cm³/mol. The Balaban J connectivity index is 2.47. The molecular formula is C13H13NO2. The van der Waals surface area contributed by atoms with Gasteiger partial charge in [-0.3, -0.25) is 4.79 Å². The second-order valence-corrected chi connectivity index (χ2v) is 4.33. The molecule has 0 fully saturated rings. The van der Waals surface area contributed by atoms with E-state index < -0.39 is 5.60 Å². The van der Waals surface area contributed by atoms with E-state index in [1.165, 1.54) is 0 Å². The zero-order valence-corrected chi connectivity index (χ0v) is 9.41.